The lowest BCUT2D eigenvalue weighted by atomic mass is 10.2. The van der Waals surface area contributed by atoms with E-state index in [9.17, 15) is 4.79 Å². The summed E-state index contributed by atoms with van der Waals surface area (Å²) in [4.78, 5) is 16.9. The third-order valence-electron chi connectivity index (χ3n) is 4.70. The second kappa shape index (κ2) is 7.98. The van der Waals surface area contributed by atoms with Gasteiger partial charge >= 0.3 is 0 Å². The minimum atomic E-state index is -0.0564. The number of rotatable bonds is 5. The van der Waals surface area contributed by atoms with Crippen LogP contribution in [0.5, 0.6) is 0 Å². The van der Waals surface area contributed by atoms with Crippen LogP contribution in [0.25, 0.3) is 0 Å². The van der Waals surface area contributed by atoms with Gasteiger partial charge in [0, 0.05) is 38.9 Å². The zero-order chi connectivity index (χ0) is 18.6. The lowest BCUT2D eigenvalue weighted by Gasteiger charge is -2.34. The molecule has 0 aliphatic carbocycles. The van der Waals surface area contributed by atoms with Crippen LogP contribution in [0.2, 0.25) is 5.02 Å². The number of hydrogen-bond donors (Lipinski definition) is 0. The Morgan fingerprint density at radius 3 is 2.52 bits per heavy atom. The van der Waals surface area contributed by atoms with Crippen molar-refractivity contribution in [1.82, 2.24) is 19.6 Å². The second-order valence-electron chi connectivity index (χ2n) is 6.68. The van der Waals surface area contributed by atoms with Crippen LogP contribution in [0.3, 0.4) is 0 Å². The molecular weight excluding hydrogens is 364 g/mol. The summed E-state index contributed by atoms with van der Waals surface area (Å²) >= 11 is 5.87. The van der Waals surface area contributed by atoms with Crippen LogP contribution in [0.1, 0.15) is 21.9 Å². The molecule has 1 saturated heterocycles. The summed E-state index contributed by atoms with van der Waals surface area (Å²) in [6.07, 6.45) is 3.29. The van der Waals surface area contributed by atoms with Crippen LogP contribution in [0.15, 0.2) is 59.3 Å². The summed E-state index contributed by atoms with van der Waals surface area (Å²) < 4.78 is 7.40. The first kappa shape index (κ1) is 17.8. The van der Waals surface area contributed by atoms with Crippen molar-refractivity contribution in [3.8, 4) is 0 Å². The predicted molar refractivity (Wildman–Crippen MR) is 103 cm³/mol. The van der Waals surface area contributed by atoms with E-state index in [1.54, 1.807) is 23.1 Å². The average molecular weight is 385 g/mol. The van der Waals surface area contributed by atoms with E-state index in [0.29, 0.717) is 36.2 Å². The summed E-state index contributed by atoms with van der Waals surface area (Å²) in [6.45, 7) is 4.50. The van der Waals surface area contributed by atoms with Crippen molar-refractivity contribution in [3.05, 3.63) is 77.0 Å². The van der Waals surface area contributed by atoms with Gasteiger partial charge in [-0.2, -0.15) is 5.10 Å². The first-order valence-corrected chi connectivity index (χ1v) is 9.37. The molecule has 1 amide bonds. The minimum absolute atomic E-state index is 0.0564. The smallest absolute Gasteiger partial charge is 0.289 e. The van der Waals surface area contributed by atoms with Gasteiger partial charge in [0.1, 0.15) is 5.76 Å². The standard InChI is InChI=1S/C20H21ClN4O2/c21-17-12-22-25(14-17)15-18-6-7-19(27-18)20(26)24-10-8-23(9-11-24)13-16-4-2-1-3-5-16/h1-7,12,14H,8-11,13,15H2. The van der Waals surface area contributed by atoms with E-state index in [0.717, 1.165) is 19.6 Å². The Morgan fingerprint density at radius 1 is 1.04 bits per heavy atom. The molecule has 1 aliphatic heterocycles. The minimum Gasteiger partial charge on any atom is -0.454 e. The van der Waals surface area contributed by atoms with Gasteiger partial charge in [0.05, 0.1) is 17.8 Å². The maximum atomic E-state index is 12.7. The lowest BCUT2D eigenvalue weighted by molar-refractivity contribution is 0.0596. The van der Waals surface area contributed by atoms with Crippen LogP contribution in [-0.4, -0.2) is 51.7 Å². The topological polar surface area (TPSA) is 54.5 Å². The van der Waals surface area contributed by atoms with Gasteiger partial charge in [-0.25, -0.2) is 0 Å². The molecule has 0 spiro atoms. The third kappa shape index (κ3) is 4.40. The highest BCUT2D eigenvalue weighted by Crippen LogP contribution is 2.15. The first-order valence-electron chi connectivity index (χ1n) is 8.99. The summed E-state index contributed by atoms with van der Waals surface area (Å²) in [5, 5.41) is 4.70. The van der Waals surface area contributed by atoms with Crippen molar-refractivity contribution >= 4 is 17.5 Å². The zero-order valence-electron chi connectivity index (χ0n) is 14.9. The average Bonchev–Trinajstić information content (AvgIpc) is 3.32. The molecule has 4 rings (SSSR count). The molecule has 0 atom stereocenters. The molecule has 3 aromatic rings. The third-order valence-corrected chi connectivity index (χ3v) is 4.90. The number of amides is 1. The molecule has 0 saturated carbocycles. The SMILES string of the molecule is O=C(c1ccc(Cn2cc(Cl)cn2)o1)N1CCN(Cc2ccccc2)CC1. The van der Waals surface area contributed by atoms with Gasteiger partial charge in [-0.05, 0) is 17.7 Å². The maximum Gasteiger partial charge on any atom is 0.289 e. The van der Waals surface area contributed by atoms with E-state index in [-0.39, 0.29) is 5.91 Å². The molecule has 2 aromatic heterocycles. The van der Waals surface area contributed by atoms with Crippen LogP contribution in [0.4, 0.5) is 0 Å². The number of carbonyl (C=O) groups excluding carboxylic acids is 1. The highest BCUT2D eigenvalue weighted by atomic mass is 35.5. The Bertz CT molecular complexity index is 898. The zero-order valence-corrected chi connectivity index (χ0v) is 15.7. The molecule has 1 aliphatic rings. The molecule has 0 unspecified atom stereocenters. The Labute approximate surface area is 162 Å². The van der Waals surface area contributed by atoms with Crippen LogP contribution >= 0.6 is 11.6 Å². The molecular formula is C20H21ClN4O2. The van der Waals surface area contributed by atoms with Crippen molar-refractivity contribution in [2.24, 2.45) is 0 Å². The monoisotopic (exact) mass is 384 g/mol. The second-order valence-corrected chi connectivity index (χ2v) is 7.11. The Hall–Kier alpha value is -2.57. The molecule has 27 heavy (non-hydrogen) atoms. The molecule has 0 radical (unpaired) electrons. The fourth-order valence-electron chi connectivity index (χ4n) is 3.27. The molecule has 0 N–H and O–H groups in total. The van der Waals surface area contributed by atoms with Gasteiger partial charge in [0.25, 0.3) is 5.91 Å². The van der Waals surface area contributed by atoms with Crippen molar-refractivity contribution in [2.75, 3.05) is 26.2 Å². The molecule has 0 bridgehead atoms. The van der Waals surface area contributed by atoms with Gasteiger partial charge in [-0.15, -0.1) is 0 Å². The van der Waals surface area contributed by atoms with Crippen molar-refractivity contribution < 1.29 is 9.21 Å². The fourth-order valence-corrected chi connectivity index (χ4v) is 3.43. The van der Waals surface area contributed by atoms with Gasteiger partial charge in [-0.3, -0.25) is 14.4 Å². The number of nitrogens with zero attached hydrogens (tertiary/aromatic N) is 4. The first-order chi connectivity index (χ1) is 13.2. The number of carbonyl (C=O) groups is 1. The largest absolute Gasteiger partial charge is 0.454 e. The van der Waals surface area contributed by atoms with Crippen molar-refractivity contribution in [1.29, 1.82) is 0 Å². The van der Waals surface area contributed by atoms with Gasteiger partial charge in [-0.1, -0.05) is 41.9 Å². The van der Waals surface area contributed by atoms with E-state index < -0.39 is 0 Å². The van der Waals surface area contributed by atoms with Gasteiger partial charge in [0.2, 0.25) is 0 Å². The number of halogens is 1. The molecule has 6 nitrogen and oxygen atoms in total. The molecule has 7 heteroatoms. The summed E-state index contributed by atoms with van der Waals surface area (Å²) in [5.74, 6) is 1.000. The Morgan fingerprint density at radius 2 is 1.81 bits per heavy atom. The molecule has 1 fully saturated rings. The van der Waals surface area contributed by atoms with Gasteiger partial charge < -0.3 is 9.32 Å². The Kier molecular flexibility index (Phi) is 5.27. The number of piperazine rings is 1. The number of furan rings is 1. The van der Waals surface area contributed by atoms with Crippen LogP contribution < -0.4 is 0 Å². The summed E-state index contributed by atoms with van der Waals surface area (Å²) in [7, 11) is 0. The normalized spacial score (nSPS) is 15.2. The van der Waals surface area contributed by atoms with Crippen LogP contribution in [-0.2, 0) is 13.1 Å². The fraction of sp³-hybridized carbons (Fsp3) is 0.300. The van der Waals surface area contributed by atoms with E-state index in [2.05, 4.69) is 34.3 Å². The van der Waals surface area contributed by atoms with Crippen molar-refractivity contribution in [3.63, 3.8) is 0 Å². The lowest BCUT2D eigenvalue weighted by Crippen LogP contribution is -2.48. The molecule has 140 valence electrons. The van der Waals surface area contributed by atoms with Crippen molar-refractivity contribution in [2.45, 2.75) is 13.1 Å². The van der Waals surface area contributed by atoms with E-state index in [4.69, 9.17) is 16.0 Å². The number of hydrogen-bond acceptors (Lipinski definition) is 4. The highest BCUT2D eigenvalue weighted by molar-refractivity contribution is 6.30. The maximum absolute atomic E-state index is 12.7. The summed E-state index contributed by atoms with van der Waals surface area (Å²) in [5.41, 5.74) is 1.30. The van der Waals surface area contributed by atoms with E-state index in [1.165, 1.54) is 5.56 Å². The quantitative estimate of drug-likeness (QED) is 0.678. The molecule has 1 aromatic carbocycles. The molecule has 3 heterocycles. The predicted octanol–water partition coefficient (Wildman–Crippen LogP) is 3.14. The van der Waals surface area contributed by atoms with Gasteiger partial charge in [0.15, 0.2) is 5.76 Å². The van der Waals surface area contributed by atoms with E-state index in [1.807, 2.05) is 17.0 Å². The number of aromatic nitrogens is 2. The summed E-state index contributed by atoms with van der Waals surface area (Å²) in [6, 6.07) is 14.0. The van der Waals surface area contributed by atoms with E-state index >= 15 is 0 Å². The Balaban J connectivity index is 1.31. The number of benzene rings is 1. The van der Waals surface area contributed by atoms with Crippen LogP contribution in [0, 0.1) is 0 Å². The highest BCUT2D eigenvalue weighted by Gasteiger charge is 2.24.